The van der Waals surface area contributed by atoms with E-state index >= 15 is 0 Å². The van der Waals surface area contributed by atoms with Crippen LogP contribution in [0.2, 0.25) is 0 Å². The van der Waals surface area contributed by atoms with Crippen molar-refractivity contribution in [3.63, 3.8) is 0 Å². The molecule has 0 radical (unpaired) electrons. The first-order valence-corrected chi connectivity index (χ1v) is 5.53. The van der Waals surface area contributed by atoms with Gasteiger partial charge in [-0.15, -0.1) is 0 Å². The van der Waals surface area contributed by atoms with Crippen LogP contribution in [0.25, 0.3) is 0 Å². The van der Waals surface area contributed by atoms with E-state index in [2.05, 4.69) is 5.32 Å². The molecule has 0 bridgehead atoms. The number of rotatable bonds is 6. The fourth-order valence-corrected chi connectivity index (χ4v) is 1.65. The van der Waals surface area contributed by atoms with Crippen molar-refractivity contribution in [1.82, 2.24) is 5.32 Å². The molecule has 17 heavy (non-hydrogen) atoms. The van der Waals surface area contributed by atoms with Gasteiger partial charge in [-0.2, -0.15) is 0 Å². The van der Waals surface area contributed by atoms with Crippen molar-refractivity contribution < 1.29 is 9.18 Å². The van der Waals surface area contributed by atoms with E-state index in [-0.39, 0.29) is 12.4 Å². The fourth-order valence-electron chi connectivity index (χ4n) is 1.65. The zero-order chi connectivity index (χ0) is 12.8. The van der Waals surface area contributed by atoms with E-state index in [1.54, 1.807) is 18.0 Å². The van der Waals surface area contributed by atoms with Gasteiger partial charge in [0.1, 0.15) is 5.82 Å². The SMILES string of the molecule is CCNCc1cc(F)ccc1N(C)CC(N)=O. The van der Waals surface area contributed by atoms with E-state index in [0.29, 0.717) is 6.54 Å². The maximum absolute atomic E-state index is 13.2. The van der Waals surface area contributed by atoms with Crippen LogP contribution < -0.4 is 16.0 Å². The van der Waals surface area contributed by atoms with Gasteiger partial charge in [-0.25, -0.2) is 4.39 Å². The maximum Gasteiger partial charge on any atom is 0.236 e. The molecule has 0 fully saturated rings. The lowest BCUT2D eigenvalue weighted by atomic mass is 10.1. The Morgan fingerprint density at radius 1 is 1.53 bits per heavy atom. The van der Waals surface area contributed by atoms with Crippen molar-refractivity contribution in [2.75, 3.05) is 25.0 Å². The van der Waals surface area contributed by atoms with Crippen molar-refractivity contribution in [1.29, 1.82) is 0 Å². The molecule has 1 aromatic rings. The van der Waals surface area contributed by atoms with E-state index in [4.69, 9.17) is 5.73 Å². The third-order valence-corrected chi connectivity index (χ3v) is 2.41. The second-order valence-corrected chi connectivity index (χ2v) is 3.88. The predicted molar refractivity (Wildman–Crippen MR) is 66.2 cm³/mol. The summed E-state index contributed by atoms with van der Waals surface area (Å²) in [6.07, 6.45) is 0. The minimum absolute atomic E-state index is 0.116. The van der Waals surface area contributed by atoms with Gasteiger partial charge in [-0.3, -0.25) is 4.79 Å². The number of likely N-dealkylation sites (N-methyl/N-ethyl adjacent to an activating group) is 1. The summed E-state index contributed by atoms with van der Waals surface area (Å²) < 4.78 is 13.2. The van der Waals surface area contributed by atoms with Gasteiger partial charge in [0.05, 0.1) is 6.54 Å². The molecule has 0 atom stereocenters. The first-order chi connectivity index (χ1) is 8.04. The van der Waals surface area contributed by atoms with Crippen LogP contribution in [0, 0.1) is 5.82 Å². The Morgan fingerprint density at radius 2 is 2.24 bits per heavy atom. The van der Waals surface area contributed by atoms with Gasteiger partial charge in [0.2, 0.25) is 5.91 Å². The standard InChI is InChI=1S/C12H18FN3O/c1-3-15-7-9-6-10(13)4-5-11(9)16(2)8-12(14)17/h4-6,15H,3,7-8H2,1-2H3,(H2,14,17). The van der Waals surface area contributed by atoms with Gasteiger partial charge in [0, 0.05) is 19.3 Å². The van der Waals surface area contributed by atoms with Crippen LogP contribution >= 0.6 is 0 Å². The topological polar surface area (TPSA) is 58.4 Å². The molecule has 1 amide bonds. The van der Waals surface area contributed by atoms with Crippen LogP contribution in [0.3, 0.4) is 0 Å². The second kappa shape index (κ2) is 6.20. The summed E-state index contributed by atoms with van der Waals surface area (Å²) >= 11 is 0. The van der Waals surface area contributed by atoms with E-state index in [1.807, 2.05) is 6.92 Å². The zero-order valence-electron chi connectivity index (χ0n) is 10.2. The van der Waals surface area contributed by atoms with Crippen LogP contribution in [-0.2, 0) is 11.3 Å². The Hall–Kier alpha value is -1.62. The van der Waals surface area contributed by atoms with E-state index < -0.39 is 5.91 Å². The number of hydrogen-bond donors (Lipinski definition) is 2. The van der Waals surface area contributed by atoms with Crippen molar-refractivity contribution in [3.05, 3.63) is 29.6 Å². The molecule has 0 unspecified atom stereocenters. The Labute approximate surface area is 101 Å². The third-order valence-electron chi connectivity index (χ3n) is 2.41. The highest BCUT2D eigenvalue weighted by molar-refractivity contribution is 5.79. The van der Waals surface area contributed by atoms with Crippen LogP contribution in [0.1, 0.15) is 12.5 Å². The van der Waals surface area contributed by atoms with Crippen LogP contribution in [0.4, 0.5) is 10.1 Å². The molecule has 0 aliphatic heterocycles. The summed E-state index contributed by atoms with van der Waals surface area (Å²) in [5.74, 6) is -0.694. The van der Waals surface area contributed by atoms with Crippen molar-refractivity contribution in [2.45, 2.75) is 13.5 Å². The first kappa shape index (κ1) is 13.4. The molecule has 0 aliphatic rings. The average Bonchev–Trinajstić information content (AvgIpc) is 2.25. The monoisotopic (exact) mass is 239 g/mol. The van der Waals surface area contributed by atoms with Crippen LogP contribution in [0.5, 0.6) is 0 Å². The van der Waals surface area contributed by atoms with Gasteiger partial charge >= 0.3 is 0 Å². The summed E-state index contributed by atoms with van der Waals surface area (Å²) in [6.45, 7) is 3.46. The Bertz CT molecular complexity index is 395. The number of nitrogens with one attached hydrogen (secondary N) is 1. The van der Waals surface area contributed by atoms with Gasteiger partial charge in [0.15, 0.2) is 0 Å². The Balaban J connectivity index is 2.92. The van der Waals surface area contributed by atoms with E-state index in [9.17, 15) is 9.18 Å². The lowest BCUT2D eigenvalue weighted by Gasteiger charge is -2.21. The molecule has 0 saturated heterocycles. The largest absolute Gasteiger partial charge is 0.368 e. The number of hydrogen-bond acceptors (Lipinski definition) is 3. The number of primary amides is 1. The number of halogens is 1. The zero-order valence-corrected chi connectivity index (χ0v) is 10.2. The van der Waals surface area contributed by atoms with Crippen LogP contribution in [-0.4, -0.2) is 26.0 Å². The second-order valence-electron chi connectivity index (χ2n) is 3.88. The molecule has 1 rings (SSSR count). The number of benzene rings is 1. The molecular weight excluding hydrogens is 221 g/mol. The number of carbonyl (C=O) groups excluding carboxylic acids is 1. The molecule has 0 heterocycles. The lowest BCUT2D eigenvalue weighted by molar-refractivity contribution is -0.116. The summed E-state index contributed by atoms with van der Waals surface area (Å²) in [6, 6.07) is 4.50. The van der Waals surface area contributed by atoms with E-state index in [0.717, 1.165) is 17.8 Å². The molecule has 0 spiro atoms. The summed E-state index contributed by atoms with van der Waals surface area (Å²) in [5, 5.41) is 3.13. The molecule has 0 saturated carbocycles. The number of carbonyl (C=O) groups is 1. The summed E-state index contributed by atoms with van der Waals surface area (Å²) in [7, 11) is 1.76. The molecule has 1 aromatic carbocycles. The maximum atomic E-state index is 13.2. The lowest BCUT2D eigenvalue weighted by Crippen LogP contribution is -2.31. The molecule has 0 aromatic heterocycles. The number of anilines is 1. The Morgan fingerprint density at radius 3 is 2.82 bits per heavy atom. The molecular formula is C12H18FN3O. The number of amides is 1. The van der Waals surface area contributed by atoms with Gasteiger partial charge in [0.25, 0.3) is 0 Å². The minimum Gasteiger partial charge on any atom is -0.368 e. The highest BCUT2D eigenvalue weighted by Gasteiger charge is 2.10. The molecule has 94 valence electrons. The van der Waals surface area contributed by atoms with Crippen molar-refractivity contribution in [2.24, 2.45) is 5.73 Å². The van der Waals surface area contributed by atoms with Gasteiger partial charge < -0.3 is 16.0 Å². The van der Waals surface area contributed by atoms with Crippen molar-refractivity contribution in [3.8, 4) is 0 Å². The molecule has 4 nitrogen and oxygen atoms in total. The van der Waals surface area contributed by atoms with Gasteiger partial charge in [-0.1, -0.05) is 6.92 Å². The summed E-state index contributed by atoms with van der Waals surface area (Å²) in [4.78, 5) is 12.6. The minimum atomic E-state index is -0.411. The third kappa shape index (κ3) is 4.03. The first-order valence-electron chi connectivity index (χ1n) is 5.53. The van der Waals surface area contributed by atoms with Crippen LogP contribution in [0.15, 0.2) is 18.2 Å². The smallest absolute Gasteiger partial charge is 0.236 e. The molecule has 5 heteroatoms. The fraction of sp³-hybridized carbons (Fsp3) is 0.417. The highest BCUT2D eigenvalue weighted by atomic mass is 19.1. The normalized spacial score (nSPS) is 10.3. The van der Waals surface area contributed by atoms with Gasteiger partial charge in [-0.05, 0) is 30.3 Å². The van der Waals surface area contributed by atoms with E-state index in [1.165, 1.54) is 12.1 Å². The quantitative estimate of drug-likeness (QED) is 0.774. The number of nitrogens with two attached hydrogens (primary N) is 1. The summed E-state index contributed by atoms with van der Waals surface area (Å²) in [5.41, 5.74) is 6.77. The van der Waals surface area contributed by atoms with Crippen molar-refractivity contribution >= 4 is 11.6 Å². The average molecular weight is 239 g/mol. The molecule has 0 aliphatic carbocycles. The number of nitrogens with zero attached hydrogens (tertiary/aromatic N) is 1. The Kier molecular flexibility index (Phi) is 4.90. The highest BCUT2D eigenvalue weighted by Crippen LogP contribution is 2.20. The predicted octanol–water partition coefficient (Wildman–Crippen LogP) is 0.857. The molecule has 3 N–H and O–H groups in total.